The number of pyridine rings is 1. The largest absolute Gasteiger partial charge is 0.497 e. The van der Waals surface area contributed by atoms with Crippen molar-refractivity contribution in [3.8, 4) is 11.5 Å². The second-order valence-electron chi connectivity index (χ2n) is 7.46. The van der Waals surface area contributed by atoms with Gasteiger partial charge in [-0.1, -0.05) is 17.7 Å². The summed E-state index contributed by atoms with van der Waals surface area (Å²) in [5.74, 6) is 1.72. The molecule has 0 bridgehead atoms. The Morgan fingerprint density at radius 2 is 1.96 bits per heavy atom. The number of carbonyl (C=O) groups excluding carboxylic acids is 1. The number of aliphatic hydroxyl groups excluding tert-OH is 1. The third kappa shape index (κ3) is 3.93. The number of amides is 1. The van der Waals surface area contributed by atoms with Gasteiger partial charge in [-0.05, 0) is 48.9 Å². The molecule has 1 saturated carbocycles. The molecule has 0 radical (unpaired) electrons. The van der Waals surface area contributed by atoms with Crippen molar-refractivity contribution in [3.63, 3.8) is 0 Å². The minimum Gasteiger partial charge on any atom is -0.497 e. The molecule has 2 fully saturated rings. The van der Waals surface area contributed by atoms with Crippen LogP contribution in [0, 0.1) is 11.8 Å². The summed E-state index contributed by atoms with van der Waals surface area (Å²) >= 11 is 6.02. The molecule has 2 aliphatic rings. The number of nitrogens with zero attached hydrogens (tertiary/aromatic N) is 2. The Labute approximate surface area is 169 Å². The molecule has 0 unspecified atom stereocenters. The van der Waals surface area contributed by atoms with Crippen LogP contribution in [-0.4, -0.2) is 53.3 Å². The van der Waals surface area contributed by atoms with Crippen molar-refractivity contribution in [1.29, 1.82) is 0 Å². The number of fused-ring (bicyclic) bond motifs is 1. The number of hydrogen-bond donors (Lipinski definition) is 1. The Hall–Kier alpha value is -2.31. The van der Waals surface area contributed by atoms with E-state index in [1.165, 1.54) is 0 Å². The van der Waals surface area contributed by atoms with Crippen LogP contribution in [-0.2, 0) is 0 Å². The molecular formula is C21H23ClN2O4. The summed E-state index contributed by atoms with van der Waals surface area (Å²) in [6.45, 7) is 1.27. The maximum Gasteiger partial charge on any atom is 0.272 e. The molecule has 1 aliphatic heterocycles. The van der Waals surface area contributed by atoms with Gasteiger partial charge in [0.1, 0.15) is 23.3 Å². The molecule has 2 heterocycles. The van der Waals surface area contributed by atoms with Crippen LogP contribution in [0.25, 0.3) is 0 Å². The molecule has 1 aromatic heterocycles. The van der Waals surface area contributed by atoms with Gasteiger partial charge in [-0.2, -0.15) is 0 Å². The predicted octanol–water partition coefficient (Wildman–Crippen LogP) is 3.03. The molecule has 1 aliphatic carbocycles. The number of hydrogen-bond acceptors (Lipinski definition) is 5. The SMILES string of the molecule is COc1ccnc(C(=O)N2C[C@H]3C[C@@H](Oc4cccc(Cl)c4)[C@H](O)C[C@H]3C2)c1. The highest BCUT2D eigenvalue weighted by atomic mass is 35.5. The average Bonchev–Trinajstić information content (AvgIpc) is 3.10. The van der Waals surface area contributed by atoms with Gasteiger partial charge in [0.2, 0.25) is 0 Å². The van der Waals surface area contributed by atoms with E-state index < -0.39 is 6.10 Å². The first-order valence-electron chi connectivity index (χ1n) is 9.43. The van der Waals surface area contributed by atoms with Gasteiger partial charge in [0.05, 0.1) is 13.2 Å². The highest BCUT2D eigenvalue weighted by molar-refractivity contribution is 6.30. The van der Waals surface area contributed by atoms with Crippen molar-refractivity contribution in [2.45, 2.75) is 25.0 Å². The van der Waals surface area contributed by atoms with Crippen LogP contribution in [0.1, 0.15) is 23.3 Å². The number of methoxy groups -OCH3 is 1. The number of aromatic nitrogens is 1. The van der Waals surface area contributed by atoms with E-state index in [0.29, 0.717) is 54.1 Å². The standard InChI is InChI=1S/C21H23ClN2O4/c1-27-16-5-6-23-18(10-16)21(26)24-11-13-7-19(25)20(8-14(13)12-24)28-17-4-2-3-15(22)9-17/h2-6,9-10,13-14,19-20,25H,7-8,11-12H2,1H3/t13-,14+,19+,20+/m0/s1. The van der Waals surface area contributed by atoms with Crippen LogP contribution in [0.3, 0.4) is 0 Å². The summed E-state index contributed by atoms with van der Waals surface area (Å²) in [6.07, 6.45) is 2.03. The number of halogens is 1. The van der Waals surface area contributed by atoms with E-state index in [4.69, 9.17) is 21.1 Å². The fourth-order valence-corrected chi connectivity index (χ4v) is 4.40. The van der Waals surface area contributed by atoms with Gasteiger partial charge >= 0.3 is 0 Å². The zero-order chi connectivity index (χ0) is 19.7. The Morgan fingerprint density at radius 1 is 1.18 bits per heavy atom. The fraction of sp³-hybridized carbons (Fsp3) is 0.429. The van der Waals surface area contributed by atoms with Crippen LogP contribution in [0.15, 0.2) is 42.6 Å². The van der Waals surface area contributed by atoms with E-state index in [2.05, 4.69) is 4.98 Å². The lowest BCUT2D eigenvalue weighted by Gasteiger charge is -2.35. The minimum atomic E-state index is -0.565. The third-order valence-corrected chi connectivity index (χ3v) is 5.88. The maximum absolute atomic E-state index is 12.8. The molecule has 4 atom stereocenters. The predicted molar refractivity (Wildman–Crippen MR) is 105 cm³/mol. The Kier molecular flexibility index (Phi) is 5.42. The lowest BCUT2D eigenvalue weighted by Crippen LogP contribution is -2.42. The maximum atomic E-state index is 12.8. The zero-order valence-corrected chi connectivity index (χ0v) is 16.4. The monoisotopic (exact) mass is 402 g/mol. The summed E-state index contributed by atoms with van der Waals surface area (Å²) in [6, 6.07) is 10.6. The first kappa shape index (κ1) is 19.0. The van der Waals surface area contributed by atoms with E-state index in [1.54, 1.807) is 37.6 Å². The van der Waals surface area contributed by atoms with Crippen LogP contribution < -0.4 is 9.47 Å². The first-order chi connectivity index (χ1) is 13.5. The molecule has 0 spiro atoms. The van der Waals surface area contributed by atoms with E-state index in [1.807, 2.05) is 17.0 Å². The highest BCUT2D eigenvalue weighted by Gasteiger charge is 2.44. The summed E-state index contributed by atoms with van der Waals surface area (Å²) < 4.78 is 11.2. The van der Waals surface area contributed by atoms with Gasteiger partial charge in [-0.15, -0.1) is 0 Å². The second kappa shape index (κ2) is 7.97. The van der Waals surface area contributed by atoms with Crippen LogP contribution in [0.2, 0.25) is 5.02 Å². The summed E-state index contributed by atoms with van der Waals surface area (Å²) in [5.41, 5.74) is 0.380. The van der Waals surface area contributed by atoms with E-state index in [0.717, 1.165) is 0 Å². The van der Waals surface area contributed by atoms with Gasteiger partial charge < -0.3 is 19.5 Å². The van der Waals surface area contributed by atoms with Crippen molar-refractivity contribution in [1.82, 2.24) is 9.88 Å². The fourth-order valence-electron chi connectivity index (χ4n) is 4.21. The Balaban J connectivity index is 1.43. The van der Waals surface area contributed by atoms with Crippen molar-refractivity contribution in [3.05, 3.63) is 53.3 Å². The van der Waals surface area contributed by atoms with Crippen molar-refractivity contribution in [2.75, 3.05) is 20.2 Å². The number of carbonyl (C=O) groups is 1. The summed E-state index contributed by atoms with van der Waals surface area (Å²) in [5, 5.41) is 11.2. The van der Waals surface area contributed by atoms with Gasteiger partial charge in [0.25, 0.3) is 5.91 Å². The topological polar surface area (TPSA) is 71.9 Å². The quantitative estimate of drug-likeness (QED) is 0.851. The summed E-state index contributed by atoms with van der Waals surface area (Å²) in [7, 11) is 1.56. The Morgan fingerprint density at radius 3 is 2.71 bits per heavy atom. The van der Waals surface area contributed by atoms with Gasteiger partial charge in [-0.25, -0.2) is 0 Å². The van der Waals surface area contributed by atoms with Gasteiger partial charge in [-0.3, -0.25) is 9.78 Å². The second-order valence-corrected chi connectivity index (χ2v) is 7.90. The highest BCUT2D eigenvalue weighted by Crippen LogP contribution is 2.38. The third-order valence-electron chi connectivity index (χ3n) is 5.64. The summed E-state index contributed by atoms with van der Waals surface area (Å²) in [4.78, 5) is 18.9. The van der Waals surface area contributed by atoms with Gasteiger partial charge in [0.15, 0.2) is 0 Å². The van der Waals surface area contributed by atoms with E-state index in [9.17, 15) is 9.90 Å². The first-order valence-corrected chi connectivity index (χ1v) is 9.81. The smallest absolute Gasteiger partial charge is 0.272 e. The lowest BCUT2D eigenvalue weighted by molar-refractivity contribution is -0.0231. The molecule has 7 heteroatoms. The van der Waals surface area contributed by atoms with Crippen LogP contribution in [0.5, 0.6) is 11.5 Å². The van der Waals surface area contributed by atoms with Crippen LogP contribution in [0.4, 0.5) is 0 Å². The van der Waals surface area contributed by atoms with Crippen molar-refractivity contribution in [2.24, 2.45) is 11.8 Å². The van der Waals surface area contributed by atoms with Crippen molar-refractivity contribution >= 4 is 17.5 Å². The molecule has 28 heavy (non-hydrogen) atoms. The van der Waals surface area contributed by atoms with E-state index >= 15 is 0 Å². The number of benzene rings is 1. The molecular weight excluding hydrogens is 380 g/mol. The Bertz CT molecular complexity index is 862. The van der Waals surface area contributed by atoms with Crippen molar-refractivity contribution < 1.29 is 19.4 Å². The molecule has 148 valence electrons. The molecule has 4 rings (SSSR count). The zero-order valence-electron chi connectivity index (χ0n) is 15.6. The molecule has 2 aromatic rings. The molecule has 1 aromatic carbocycles. The number of likely N-dealkylation sites (tertiary alicyclic amines) is 1. The average molecular weight is 403 g/mol. The van der Waals surface area contributed by atoms with Gasteiger partial charge in [0, 0.05) is 30.4 Å². The molecule has 1 amide bonds. The number of ether oxygens (including phenoxy) is 2. The molecule has 1 N–H and O–H groups in total. The van der Waals surface area contributed by atoms with Crippen LogP contribution >= 0.6 is 11.6 Å². The minimum absolute atomic E-state index is 0.102. The number of aliphatic hydroxyl groups is 1. The number of rotatable bonds is 4. The lowest BCUT2D eigenvalue weighted by atomic mass is 9.78. The van der Waals surface area contributed by atoms with E-state index in [-0.39, 0.29) is 17.9 Å². The molecule has 6 nitrogen and oxygen atoms in total. The normalized spacial score (nSPS) is 26.6. The molecule has 1 saturated heterocycles.